The number of rotatable bonds is 5. The van der Waals surface area contributed by atoms with Crippen molar-refractivity contribution in [1.29, 1.82) is 0 Å². The molecule has 1 saturated heterocycles. The molecule has 0 aliphatic carbocycles. The molecule has 1 aliphatic heterocycles. The van der Waals surface area contributed by atoms with E-state index in [0.29, 0.717) is 27.3 Å². The van der Waals surface area contributed by atoms with Gasteiger partial charge in [0.25, 0.3) is 5.91 Å². The van der Waals surface area contributed by atoms with Crippen molar-refractivity contribution in [1.82, 2.24) is 5.32 Å². The average Bonchev–Trinajstić information content (AvgIpc) is 2.71. The van der Waals surface area contributed by atoms with Gasteiger partial charge in [-0.05, 0) is 44.5 Å². The molecule has 1 heterocycles. The van der Waals surface area contributed by atoms with Crippen LogP contribution < -0.4 is 14.8 Å². The van der Waals surface area contributed by atoms with E-state index in [-0.39, 0.29) is 12.0 Å². The van der Waals surface area contributed by atoms with E-state index >= 15 is 0 Å². The Morgan fingerprint density at radius 1 is 1.38 bits per heavy atom. The Hall–Kier alpha value is -1.53. The third-order valence-electron chi connectivity index (χ3n) is 2.57. The lowest BCUT2D eigenvalue weighted by atomic mass is 10.2. The number of carbonyl (C=O) groups is 1. The summed E-state index contributed by atoms with van der Waals surface area (Å²) in [4.78, 5) is 12.3. The molecule has 6 heteroatoms. The lowest BCUT2D eigenvalue weighted by Crippen LogP contribution is -2.17. The fraction of sp³-hybridized carbons (Fsp3) is 0.333. The normalized spacial score (nSPS) is 16.5. The Bertz CT molecular complexity index is 597. The van der Waals surface area contributed by atoms with Gasteiger partial charge in [0.1, 0.15) is 4.32 Å². The number of ether oxygens (including phenoxy) is 2. The van der Waals surface area contributed by atoms with Gasteiger partial charge < -0.3 is 14.8 Å². The van der Waals surface area contributed by atoms with Crippen LogP contribution in [0.5, 0.6) is 11.5 Å². The molecule has 0 atom stereocenters. The van der Waals surface area contributed by atoms with Gasteiger partial charge in [0.15, 0.2) is 11.5 Å². The Balaban J connectivity index is 2.29. The van der Waals surface area contributed by atoms with Crippen molar-refractivity contribution in [2.45, 2.75) is 26.9 Å². The summed E-state index contributed by atoms with van der Waals surface area (Å²) in [6.07, 6.45) is 1.86. The first-order valence-corrected chi connectivity index (χ1v) is 7.90. The van der Waals surface area contributed by atoms with Crippen LogP contribution in [0.3, 0.4) is 0 Å². The molecule has 4 nitrogen and oxygen atoms in total. The van der Waals surface area contributed by atoms with Crippen molar-refractivity contribution < 1.29 is 14.3 Å². The van der Waals surface area contributed by atoms with Crippen LogP contribution in [0.15, 0.2) is 23.1 Å². The zero-order chi connectivity index (χ0) is 15.4. The molecule has 112 valence electrons. The van der Waals surface area contributed by atoms with E-state index in [4.69, 9.17) is 21.7 Å². The van der Waals surface area contributed by atoms with Gasteiger partial charge in [-0.15, -0.1) is 0 Å². The van der Waals surface area contributed by atoms with Crippen LogP contribution in [0.25, 0.3) is 6.08 Å². The molecule has 21 heavy (non-hydrogen) atoms. The maximum atomic E-state index is 11.7. The van der Waals surface area contributed by atoms with Crippen LogP contribution in [0.4, 0.5) is 0 Å². The van der Waals surface area contributed by atoms with E-state index in [9.17, 15) is 4.79 Å². The SMILES string of the molecule is CCOc1cc(/C=C2\SC(=S)NC2=O)ccc1OC(C)C. The Morgan fingerprint density at radius 3 is 2.71 bits per heavy atom. The molecule has 1 aliphatic rings. The number of carbonyl (C=O) groups excluding carboxylic acids is 1. The van der Waals surface area contributed by atoms with Gasteiger partial charge in [-0.2, -0.15) is 0 Å². The van der Waals surface area contributed by atoms with Crippen LogP contribution in [-0.2, 0) is 4.79 Å². The van der Waals surface area contributed by atoms with Crippen LogP contribution in [-0.4, -0.2) is 22.9 Å². The molecule has 1 N–H and O–H groups in total. The van der Waals surface area contributed by atoms with Crippen LogP contribution in [0.2, 0.25) is 0 Å². The zero-order valence-corrected chi connectivity index (χ0v) is 13.8. The first-order valence-electron chi connectivity index (χ1n) is 6.68. The second kappa shape index (κ2) is 6.95. The topological polar surface area (TPSA) is 47.6 Å². The number of benzene rings is 1. The third kappa shape index (κ3) is 4.22. The molecule has 0 saturated carbocycles. The van der Waals surface area contributed by atoms with Gasteiger partial charge in [-0.3, -0.25) is 4.79 Å². The summed E-state index contributed by atoms with van der Waals surface area (Å²) in [6.45, 7) is 6.40. The largest absolute Gasteiger partial charge is 0.490 e. The minimum Gasteiger partial charge on any atom is -0.490 e. The summed E-state index contributed by atoms with van der Waals surface area (Å²) in [5, 5.41) is 2.60. The van der Waals surface area contributed by atoms with E-state index in [0.717, 1.165) is 5.56 Å². The highest BCUT2D eigenvalue weighted by Crippen LogP contribution is 2.32. The Morgan fingerprint density at radius 2 is 2.14 bits per heavy atom. The van der Waals surface area contributed by atoms with E-state index in [1.165, 1.54) is 11.8 Å². The van der Waals surface area contributed by atoms with Gasteiger partial charge in [-0.25, -0.2) is 0 Å². The van der Waals surface area contributed by atoms with Crippen molar-refractivity contribution in [3.05, 3.63) is 28.7 Å². The third-order valence-corrected chi connectivity index (χ3v) is 3.73. The molecule has 1 aromatic rings. The smallest absolute Gasteiger partial charge is 0.263 e. The molecular formula is C15H17NO3S2. The maximum Gasteiger partial charge on any atom is 0.263 e. The second-order valence-electron chi connectivity index (χ2n) is 4.66. The minimum atomic E-state index is -0.162. The molecule has 0 spiro atoms. The monoisotopic (exact) mass is 323 g/mol. The standard InChI is InChI=1S/C15H17NO3S2/c1-4-18-12-7-10(5-6-11(12)19-9(2)3)8-13-14(17)16-15(20)21-13/h5-9H,4H2,1-3H3,(H,16,17,20)/b13-8-. The van der Waals surface area contributed by atoms with Crippen molar-refractivity contribution in [2.24, 2.45) is 0 Å². The number of thiocarbonyl (C=S) groups is 1. The minimum absolute atomic E-state index is 0.0712. The summed E-state index contributed by atoms with van der Waals surface area (Å²) in [7, 11) is 0. The van der Waals surface area contributed by atoms with Crippen LogP contribution in [0.1, 0.15) is 26.3 Å². The lowest BCUT2D eigenvalue weighted by Gasteiger charge is -2.15. The van der Waals surface area contributed by atoms with Crippen LogP contribution in [0, 0.1) is 0 Å². The molecule has 2 rings (SSSR count). The van der Waals surface area contributed by atoms with E-state index in [1.54, 1.807) is 6.08 Å². The zero-order valence-electron chi connectivity index (χ0n) is 12.1. The summed E-state index contributed by atoms with van der Waals surface area (Å²) in [5.41, 5.74) is 0.872. The quantitative estimate of drug-likeness (QED) is 0.665. The maximum absolute atomic E-state index is 11.7. The van der Waals surface area contributed by atoms with Crippen LogP contribution >= 0.6 is 24.0 Å². The first-order chi connectivity index (χ1) is 9.99. The number of hydrogen-bond acceptors (Lipinski definition) is 5. The number of thioether (sulfide) groups is 1. The molecule has 1 amide bonds. The van der Waals surface area contributed by atoms with Gasteiger partial charge >= 0.3 is 0 Å². The van der Waals surface area contributed by atoms with Crippen molar-refractivity contribution >= 4 is 40.3 Å². The average molecular weight is 323 g/mol. The molecule has 1 fully saturated rings. The summed E-state index contributed by atoms with van der Waals surface area (Å²) >= 11 is 6.23. The molecule has 1 aromatic carbocycles. The predicted molar refractivity (Wildman–Crippen MR) is 89.7 cm³/mol. The molecular weight excluding hydrogens is 306 g/mol. The highest BCUT2D eigenvalue weighted by atomic mass is 32.2. The van der Waals surface area contributed by atoms with Crippen molar-refractivity contribution in [3.8, 4) is 11.5 Å². The highest BCUT2D eigenvalue weighted by molar-refractivity contribution is 8.26. The van der Waals surface area contributed by atoms with Gasteiger partial charge in [0.05, 0.1) is 17.6 Å². The fourth-order valence-electron chi connectivity index (χ4n) is 1.81. The van der Waals surface area contributed by atoms with E-state index < -0.39 is 0 Å². The first kappa shape index (κ1) is 15.9. The number of hydrogen-bond donors (Lipinski definition) is 1. The molecule has 0 aromatic heterocycles. The van der Waals surface area contributed by atoms with Gasteiger partial charge in [-0.1, -0.05) is 30.0 Å². The number of nitrogens with one attached hydrogen (secondary N) is 1. The van der Waals surface area contributed by atoms with Crippen molar-refractivity contribution in [2.75, 3.05) is 6.61 Å². The second-order valence-corrected chi connectivity index (χ2v) is 6.38. The molecule has 0 unspecified atom stereocenters. The molecule has 0 bridgehead atoms. The van der Waals surface area contributed by atoms with E-state index in [2.05, 4.69) is 5.32 Å². The Labute approximate surface area is 133 Å². The highest BCUT2D eigenvalue weighted by Gasteiger charge is 2.22. The summed E-state index contributed by atoms with van der Waals surface area (Å²) < 4.78 is 11.8. The number of amides is 1. The predicted octanol–water partition coefficient (Wildman–Crippen LogP) is 3.36. The summed E-state index contributed by atoms with van der Waals surface area (Å²) in [5.74, 6) is 1.21. The van der Waals surface area contributed by atoms with Gasteiger partial charge in [0, 0.05) is 0 Å². The van der Waals surface area contributed by atoms with Gasteiger partial charge in [0.2, 0.25) is 0 Å². The molecule has 0 radical (unpaired) electrons. The Kier molecular flexibility index (Phi) is 5.25. The summed E-state index contributed by atoms with van der Waals surface area (Å²) in [6, 6.07) is 5.61. The van der Waals surface area contributed by atoms with E-state index in [1.807, 2.05) is 39.0 Å². The van der Waals surface area contributed by atoms with Crippen molar-refractivity contribution in [3.63, 3.8) is 0 Å². The fourth-order valence-corrected chi connectivity index (χ4v) is 2.85. The lowest BCUT2D eigenvalue weighted by molar-refractivity contribution is -0.115.